The van der Waals surface area contributed by atoms with E-state index in [1.165, 1.54) is 12.1 Å². The lowest BCUT2D eigenvalue weighted by molar-refractivity contribution is -0.384. The number of hydrogen-bond acceptors (Lipinski definition) is 4. The van der Waals surface area contributed by atoms with Crippen LogP contribution in [-0.2, 0) is 6.42 Å². The van der Waals surface area contributed by atoms with Crippen LogP contribution in [0, 0.1) is 10.1 Å². The molecule has 0 fully saturated rings. The van der Waals surface area contributed by atoms with E-state index in [-0.39, 0.29) is 11.5 Å². The van der Waals surface area contributed by atoms with Gasteiger partial charge in [-0.3, -0.25) is 10.1 Å². The Bertz CT molecular complexity index is 611. The zero-order chi connectivity index (χ0) is 13.8. The Morgan fingerprint density at radius 2 is 2.11 bits per heavy atom. The molecule has 0 unspecified atom stereocenters. The molecule has 0 atom stereocenters. The lowest BCUT2D eigenvalue weighted by Crippen LogP contribution is -1.98. The van der Waals surface area contributed by atoms with Crippen molar-refractivity contribution in [2.75, 3.05) is 5.73 Å². The van der Waals surface area contributed by atoms with Gasteiger partial charge < -0.3 is 5.73 Å². The number of anilines is 1. The molecule has 19 heavy (non-hydrogen) atoms. The van der Waals surface area contributed by atoms with Crippen LogP contribution in [-0.4, -0.2) is 9.91 Å². The number of nitrogen functional groups attached to an aromatic ring is 1. The number of nitrogens with zero attached hydrogens (tertiary/aromatic N) is 2. The standard InChI is InChI=1S/C14H15N3O2/c1-2-4-10-5-3-6-11(9-10)14-12(17(18)19)7-8-13(15)16-14/h3,5-9H,2,4H2,1H3,(H2,15,16). The number of aromatic nitrogens is 1. The van der Waals surface area contributed by atoms with Crippen molar-refractivity contribution in [2.45, 2.75) is 19.8 Å². The Labute approximate surface area is 111 Å². The molecule has 0 bridgehead atoms. The fourth-order valence-corrected chi connectivity index (χ4v) is 1.99. The summed E-state index contributed by atoms with van der Waals surface area (Å²) in [5, 5.41) is 11.0. The Balaban J connectivity index is 2.54. The minimum Gasteiger partial charge on any atom is -0.384 e. The zero-order valence-electron chi connectivity index (χ0n) is 10.7. The maximum atomic E-state index is 11.0. The van der Waals surface area contributed by atoms with Gasteiger partial charge in [-0.15, -0.1) is 0 Å². The summed E-state index contributed by atoms with van der Waals surface area (Å²) in [7, 11) is 0. The van der Waals surface area contributed by atoms with Crippen LogP contribution in [0.15, 0.2) is 36.4 Å². The molecule has 2 aromatic rings. The van der Waals surface area contributed by atoms with Crippen LogP contribution < -0.4 is 5.73 Å². The van der Waals surface area contributed by atoms with Crippen molar-refractivity contribution in [1.29, 1.82) is 0 Å². The third-order valence-electron chi connectivity index (χ3n) is 2.83. The van der Waals surface area contributed by atoms with Gasteiger partial charge >= 0.3 is 0 Å². The molecule has 0 aliphatic heterocycles. The van der Waals surface area contributed by atoms with Gasteiger partial charge in [-0.2, -0.15) is 0 Å². The molecule has 1 aromatic carbocycles. The molecule has 5 heteroatoms. The molecule has 0 radical (unpaired) electrons. The largest absolute Gasteiger partial charge is 0.384 e. The fourth-order valence-electron chi connectivity index (χ4n) is 1.99. The molecule has 0 amide bonds. The average Bonchev–Trinajstić information content (AvgIpc) is 2.39. The van der Waals surface area contributed by atoms with Gasteiger partial charge in [0.15, 0.2) is 5.69 Å². The van der Waals surface area contributed by atoms with Crippen molar-refractivity contribution in [3.8, 4) is 11.3 Å². The first-order valence-corrected chi connectivity index (χ1v) is 6.12. The van der Waals surface area contributed by atoms with Crippen molar-refractivity contribution in [3.05, 3.63) is 52.1 Å². The van der Waals surface area contributed by atoms with E-state index in [0.29, 0.717) is 5.69 Å². The van der Waals surface area contributed by atoms with Crippen molar-refractivity contribution in [1.82, 2.24) is 4.98 Å². The molecule has 0 saturated heterocycles. The van der Waals surface area contributed by atoms with Crippen LogP contribution in [0.3, 0.4) is 0 Å². The summed E-state index contributed by atoms with van der Waals surface area (Å²) in [6.07, 6.45) is 1.96. The Kier molecular flexibility index (Phi) is 3.75. The normalized spacial score (nSPS) is 10.4. The maximum Gasteiger partial charge on any atom is 0.295 e. The van der Waals surface area contributed by atoms with Crippen LogP contribution in [0.25, 0.3) is 11.3 Å². The van der Waals surface area contributed by atoms with Gasteiger partial charge in [0, 0.05) is 11.6 Å². The van der Waals surface area contributed by atoms with Crippen LogP contribution in [0.5, 0.6) is 0 Å². The highest BCUT2D eigenvalue weighted by Gasteiger charge is 2.17. The second-order valence-electron chi connectivity index (χ2n) is 4.31. The first kappa shape index (κ1) is 13.0. The molecule has 2 N–H and O–H groups in total. The SMILES string of the molecule is CCCc1cccc(-c2nc(N)ccc2[N+](=O)[O-])c1. The molecule has 98 valence electrons. The van der Waals surface area contributed by atoms with Gasteiger partial charge in [0.25, 0.3) is 5.69 Å². The molecule has 5 nitrogen and oxygen atoms in total. The molecule has 0 aliphatic rings. The maximum absolute atomic E-state index is 11.0. The lowest BCUT2D eigenvalue weighted by Gasteiger charge is -2.05. The molecule has 1 heterocycles. The third-order valence-corrected chi connectivity index (χ3v) is 2.83. The topological polar surface area (TPSA) is 82.0 Å². The average molecular weight is 257 g/mol. The van der Waals surface area contributed by atoms with Crippen molar-refractivity contribution >= 4 is 11.5 Å². The summed E-state index contributed by atoms with van der Waals surface area (Å²) < 4.78 is 0. The Hall–Kier alpha value is -2.43. The van der Waals surface area contributed by atoms with E-state index < -0.39 is 4.92 Å². The zero-order valence-corrected chi connectivity index (χ0v) is 10.7. The number of aryl methyl sites for hydroxylation is 1. The van der Waals surface area contributed by atoms with E-state index >= 15 is 0 Å². The highest BCUT2D eigenvalue weighted by Crippen LogP contribution is 2.29. The summed E-state index contributed by atoms with van der Waals surface area (Å²) in [5.74, 6) is 0.279. The summed E-state index contributed by atoms with van der Waals surface area (Å²) in [6.45, 7) is 2.09. The van der Waals surface area contributed by atoms with Gasteiger partial charge in [0.05, 0.1) is 4.92 Å². The molecule has 0 saturated carbocycles. The quantitative estimate of drug-likeness (QED) is 0.673. The van der Waals surface area contributed by atoms with Crippen molar-refractivity contribution in [2.24, 2.45) is 0 Å². The summed E-state index contributed by atoms with van der Waals surface area (Å²) in [4.78, 5) is 14.7. The number of nitrogens with two attached hydrogens (primary N) is 1. The van der Waals surface area contributed by atoms with Gasteiger partial charge in [-0.25, -0.2) is 4.98 Å². The molecule has 1 aromatic heterocycles. The van der Waals surface area contributed by atoms with E-state index in [1.54, 1.807) is 0 Å². The summed E-state index contributed by atoms with van der Waals surface area (Å²) in [5.41, 5.74) is 7.79. The Morgan fingerprint density at radius 3 is 2.79 bits per heavy atom. The first-order valence-electron chi connectivity index (χ1n) is 6.12. The lowest BCUT2D eigenvalue weighted by atomic mass is 10.0. The van der Waals surface area contributed by atoms with E-state index in [4.69, 9.17) is 5.73 Å². The summed E-state index contributed by atoms with van der Waals surface area (Å²) in [6, 6.07) is 10.5. The van der Waals surface area contributed by atoms with Gasteiger partial charge in [0.2, 0.25) is 0 Å². The minimum absolute atomic E-state index is 0.0251. The highest BCUT2D eigenvalue weighted by atomic mass is 16.6. The van der Waals surface area contributed by atoms with Gasteiger partial charge in [-0.1, -0.05) is 31.5 Å². The number of pyridine rings is 1. The van der Waals surface area contributed by atoms with Crippen LogP contribution in [0.1, 0.15) is 18.9 Å². The molecular formula is C14H15N3O2. The first-order chi connectivity index (χ1) is 9.11. The Morgan fingerprint density at radius 1 is 1.32 bits per heavy atom. The highest BCUT2D eigenvalue weighted by molar-refractivity contribution is 5.71. The van der Waals surface area contributed by atoms with Crippen LogP contribution >= 0.6 is 0 Å². The van der Waals surface area contributed by atoms with Gasteiger partial charge in [-0.05, 0) is 24.1 Å². The van der Waals surface area contributed by atoms with E-state index in [1.807, 2.05) is 24.3 Å². The van der Waals surface area contributed by atoms with E-state index in [2.05, 4.69) is 11.9 Å². The van der Waals surface area contributed by atoms with Crippen LogP contribution in [0.4, 0.5) is 11.5 Å². The second-order valence-corrected chi connectivity index (χ2v) is 4.31. The number of hydrogen-bond donors (Lipinski definition) is 1. The van der Waals surface area contributed by atoms with Crippen molar-refractivity contribution < 1.29 is 4.92 Å². The molecule has 0 spiro atoms. The fraction of sp³-hybridized carbons (Fsp3) is 0.214. The predicted octanol–water partition coefficient (Wildman–Crippen LogP) is 3.19. The van der Waals surface area contributed by atoms with E-state index in [0.717, 1.165) is 24.0 Å². The number of benzene rings is 1. The van der Waals surface area contributed by atoms with Crippen molar-refractivity contribution in [3.63, 3.8) is 0 Å². The number of nitro groups is 1. The second kappa shape index (κ2) is 5.48. The summed E-state index contributed by atoms with van der Waals surface area (Å²) >= 11 is 0. The third kappa shape index (κ3) is 2.88. The number of rotatable bonds is 4. The molecule has 0 aliphatic carbocycles. The smallest absolute Gasteiger partial charge is 0.295 e. The monoisotopic (exact) mass is 257 g/mol. The predicted molar refractivity (Wildman–Crippen MR) is 74.7 cm³/mol. The van der Waals surface area contributed by atoms with Crippen LogP contribution in [0.2, 0.25) is 0 Å². The molecular weight excluding hydrogens is 242 g/mol. The minimum atomic E-state index is -0.436. The van der Waals surface area contributed by atoms with E-state index in [9.17, 15) is 10.1 Å². The molecule has 2 rings (SSSR count). The van der Waals surface area contributed by atoms with Gasteiger partial charge in [0.1, 0.15) is 5.82 Å².